The molecule has 0 aliphatic heterocycles. The first-order valence-electron chi connectivity index (χ1n) is 6.39. The number of rotatable bonds is 5. The van der Waals surface area contributed by atoms with Crippen molar-refractivity contribution in [1.82, 2.24) is 0 Å². The molecule has 0 rings (SSSR count). The first-order valence-corrected chi connectivity index (χ1v) is 9.29. The summed E-state index contributed by atoms with van der Waals surface area (Å²) in [6, 6.07) is 0. The Morgan fingerprint density at radius 2 is 1.67 bits per heavy atom. The SMILES string of the molecule is CC(=O)OC(C)(C)/C=C/CO[Si](C)(C)C(C)(C)C. The molecule has 0 aromatic carbocycles. The lowest BCUT2D eigenvalue weighted by molar-refractivity contribution is -0.149. The van der Waals surface area contributed by atoms with Crippen molar-refractivity contribution in [2.75, 3.05) is 6.61 Å². The van der Waals surface area contributed by atoms with E-state index >= 15 is 0 Å². The molecule has 0 atom stereocenters. The first kappa shape index (κ1) is 17.4. The van der Waals surface area contributed by atoms with Crippen molar-refractivity contribution >= 4 is 14.3 Å². The van der Waals surface area contributed by atoms with Gasteiger partial charge in [0.1, 0.15) is 5.60 Å². The molecule has 0 bridgehead atoms. The molecule has 18 heavy (non-hydrogen) atoms. The van der Waals surface area contributed by atoms with Gasteiger partial charge in [-0.05, 0) is 38.1 Å². The zero-order valence-corrected chi connectivity index (χ0v) is 14.1. The van der Waals surface area contributed by atoms with Gasteiger partial charge in [-0.2, -0.15) is 0 Å². The van der Waals surface area contributed by atoms with Gasteiger partial charge in [0.25, 0.3) is 0 Å². The van der Waals surface area contributed by atoms with Crippen molar-refractivity contribution in [2.24, 2.45) is 0 Å². The van der Waals surface area contributed by atoms with Crippen molar-refractivity contribution in [1.29, 1.82) is 0 Å². The monoisotopic (exact) mass is 272 g/mol. The Kier molecular flexibility index (Phi) is 5.81. The van der Waals surface area contributed by atoms with Crippen molar-refractivity contribution in [2.45, 2.75) is 65.3 Å². The molecule has 4 heteroatoms. The summed E-state index contributed by atoms with van der Waals surface area (Å²) in [6.45, 7) is 16.8. The van der Waals surface area contributed by atoms with Gasteiger partial charge in [0.2, 0.25) is 0 Å². The van der Waals surface area contributed by atoms with E-state index in [1.165, 1.54) is 6.92 Å². The molecule has 0 aromatic rings. The van der Waals surface area contributed by atoms with Crippen LogP contribution in [0.4, 0.5) is 0 Å². The summed E-state index contributed by atoms with van der Waals surface area (Å²) in [7, 11) is -1.69. The van der Waals surface area contributed by atoms with Crippen LogP contribution in [0, 0.1) is 0 Å². The van der Waals surface area contributed by atoms with Crippen LogP contribution in [-0.2, 0) is 14.0 Å². The lowest BCUT2D eigenvalue weighted by Gasteiger charge is -2.35. The second-order valence-corrected chi connectivity index (χ2v) is 11.5. The molecule has 0 spiro atoms. The van der Waals surface area contributed by atoms with Gasteiger partial charge in [0.15, 0.2) is 8.32 Å². The summed E-state index contributed by atoms with van der Waals surface area (Å²) in [6.07, 6.45) is 3.81. The van der Waals surface area contributed by atoms with E-state index in [1.54, 1.807) is 0 Å². The molecular formula is C14H28O3Si. The molecular weight excluding hydrogens is 244 g/mol. The highest BCUT2D eigenvalue weighted by Gasteiger charge is 2.36. The molecule has 106 valence electrons. The predicted molar refractivity (Wildman–Crippen MR) is 78.1 cm³/mol. The fourth-order valence-electron chi connectivity index (χ4n) is 1.21. The van der Waals surface area contributed by atoms with E-state index in [2.05, 4.69) is 33.9 Å². The third-order valence-corrected chi connectivity index (χ3v) is 7.77. The second kappa shape index (κ2) is 6.02. The predicted octanol–water partition coefficient (Wildman–Crippen LogP) is 3.91. The Morgan fingerprint density at radius 3 is 2.06 bits per heavy atom. The molecule has 0 saturated heterocycles. The standard InChI is InChI=1S/C14H28O3Si/c1-12(15)17-14(5,6)10-9-11-16-18(7,8)13(2,3)4/h9-10H,11H2,1-8H3/b10-9+. The Hall–Kier alpha value is -0.613. The van der Waals surface area contributed by atoms with E-state index in [-0.39, 0.29) is 11.0 Å². The zero-order chi connectivity index (χ0) is 14.6. The van der Waals surface area contributed by atoms with E-state index in [0.29, 0.717) is 6.61 Å². The summed E-state index contributed by atoms with van der Waals surface area (Å²) in [5, 5.41) is 0.215. The molecule has 3 nitrogen and oxygen atoms in total. The summed E-state index contributed by atoms with van der Waals surface area (Å²) < 4.78 is 11.2. The van der Waals surface area contributed by atoms with E-state index in [9.17, 15) is 4.79 Å². The number of esters is 1. The molecule has 0 saturated carbocycles. The van der Waals surface area contributed by atoms with Crippen molar-refractivity contribution < 1.29 is 14.0 Å². The quantitative estimate of drug-likeness (QED) is 0.432. The largest absolute Gasteiger partial charge is 0.456 e. The van der Waals surface area contributed by atoms with Crippen LogP contribution in [-0.4, -0.2) is 26.5 Å². The molecule has 0 aliphatic carbocycles. The normalized spacial score (nSPS) is 14.0. The van der Waals surface area contributed by atoms with Crippen LogP contribution in [0.15, 0.2) is 12.2 Å². The molecule has 0 unspecified atom stereocenters. The van der Waals surface area contributed by atoms with E-state index in [0.717, 1.165) is 0 Å². The second-order valence-electron chi connectivity index (χ2n) is 6.67. The van der Waals surface area contributed by atoms with Gasteiger partial charge in [0.05, 0.1) is 6.61 Å². The maximum atomic E-state index is 10.9. The maximum absolute atomic E-state index is 10.9. The van der Waals surface area contributed by atoms with Gasteiger partial charge in [0, 0.05) is 6.92 Å². The van der Waals surface area contributed by atoms with Crippen LogP contribution in [0.3, 0.4) is 0 Å². The van der Waals surface area contributed by atoms with Gasteiger partial charge >= 0.3 is 5.97 Å². The molecule has 0 N–H and O–H groups in total. The molecule has 0 fully saturated rings. The minimum Gasteiger partial charge on any atom is -0.456 e. The van der Waals surface area contributed by atoms with Gasteiger partial charge in [-0.25, -0.2) is 0 Å². The van der Waals surface area contributed by atoms with Crippen LogP contribution in [0.1, 0.15) is 41.5 Å². The van der Waals surface area contributed by atoms with E-state index in [4.69, 9.17) is 9.16 Å². The van der Waals surface area contributed by atoms with Crippen LogP contribution < -0.4 is 0 Å². The Bertz CT molecular complexity index is 311. The number of carbonyl (C=O) groups excluding carboxylic acids is 1. The average molecular weight is 272 g/mol. The highest BCUT2D eigenvalue weighted by molar-refractivity contribution is 6.74. The Labute approximate surface area is 113 Å². The Morgan fingerprint density at radius 1 is 1.17 bits per heavy atom. The summed E-state index contributed by atoms with van der Waals surface area (Å²) in [4.78, 5) is 10.9. The van der Waals surface area contributed by atoms with Crippen LogP contribution in [0.5, 0.6) is 0 Å². The molecule has 0 aliphatic rings. The number of hydrogen-bond acceptors (Lipinski definition) is 3. The minimum atomic E-state index is -1.69. The molecule has 0 radical (unpaired) electrons. The lowest BCUT2D eigenvalue weighted by atomic mass is 10.1. The maximum Gasteiger partial charge on any atom is 0.303 e. The lowest BCUT2D eigenvalue weighted by Crippen LogP contribution is -2.40. The third-order valence-electron chi connectivity index (χ3n) is 3.27. The highest BCUT2D eigenvalue weighted by Crippen LogP contribution is 2.36. The van der Waals surface area contributed by atoms with Gasteiger partial charge in [-0.1, -0.05) is 26.8 Å². The molecule has 0 heterocycles. The number of carbonyl (C=O) groups is 1. The smallest absolute Gasteiger partial charge is 0.303 e. The van der Waals surface area contributed by atoms with Gasteiger partial charge in [-0.3, -0.25) is 4.79 Å². The third kappa shape index (κ3) is 6.35. The highest BCUT2D eigenvalue weighted by atomic mass is 28.4. The topological polar surface area (TPSA) is 35.5 Å². The minimum absolute atomic E-state index is 0.215. The van der Waals surface area contributed by atoms with Crippen molar-refractivity contribution in [3.05, 3.63) is 12.2 Å². The summed E-state index contributed by atoms with van der Waals surface area (Å²) in [5.74, 6) is -0.269. The number of ether oxygens (including phenoxy) is 1. The fraction of sp³-hybridized carbons (Fsp3) is 0.786. The average Bonchev–Trinajstić information content (AvgIpc) is 2.08. The van der Waals surface area contributed by atoms with Crippen molar-refractivity contribution in [3.63, 3.8) is 0 Å². The van der Waals surface area contributed by atoms with Crippen molar-refractivity contribution in [3.8, 4) is 0 Å². The summed E-state index contributed by atoms with van der Waals surface area (Å²) >= 11 is 0. The van der Waals surface area contributed by atoms with Gasteiger partial charge < -0.3 is 9.16 Å². The first-order chi connectivity index (χ1) is 7.87. The van der Waals surface area contributed by atoms with Crippen LogP contribution in [0.2, 0.25) is 18.1 Å². The zero-order valence-electron chi connectivity index (χ0n) is 13.1. The van der Waals surface area contributed by atoms with Gasteiger partial charge in [-0.15, -0.1) is 0 Å². The van der Waals surface area contributed by atoms with Crippen LogP contribution in [0.25, 0.3) is 0 Å². The molecule has 0 amide bonds. The molecule has 0 aromatic heterocycles. The Balaban J connectivity index is 4.31. The number of hydrogen-bond donors (Lipinski definition) is 0. The van der Waals surface area contributed by atoms with E-state index < -0.39 is 13.9 Å². The van der Waals surface area contributed by atoms with Crippen LogP contribution >= 0.6 is 0 Å². The van der Waals surface area contributed by atoms with E-state index in [1.807, 2.05) is 26.0 Å². The summed E-state index contributed by atoms with van der Waals surface area (Å²) in [5.41, 5.74) is -0.567. The fourth-order valence-corrected chi connectivity index (χ4v) is 2.16.